The first-order valence-electron chi connectivity index (χ1n) is 11.4. The van der Waals surface area contributed by atoms with E-state index in [2.05, 4.69) is 10.3 Å². The number of carbonyl (C=O) groups excluding carboxylic acids is 2. The highest BCUT2D eigenvalue weighted by Crippen LogP contribution is 2.22. The Balaban J connectivity index is 1.71. The lowest BCUT2D eigenvalue weighted by molar-refractivity contribution is -0.116. The normalized spacial score (nSPS) is 12.7. The van der Waals surface area contributed by atoms with Crippen molar-refractivity contribution in [1.82, 2.24) is 14.5 Å². The number of amides is 2. The zero-order chi connectivity index (χ0) is 25.1. The van der Waals surface area contributed by atoms with Crippen LogP contribution in [0.2, 0.25) is 0 Å². The second kappa shape index (κ2) is 10.1. The first kappa shape index (κ1) is 24.1. The van der Waals surface area contributed by atoms with Crippen LogP contribution in [-0.2, 0) is 29.0 Å². The van der Waals surface area contributed by atoms with Crippen LogP contribution in [0.15, 0.2) is 47.3 Å². The van der Waals surface area contributed by atoms with E-state index >= 15 is 0 Å². The van der Waals surface area contributed by atoms with Gasteiger partial charge in [-0.1, -0.05) is 6.07 Å². The van der Waals surface area contributed by atoms with E-state index in [1.807, 2.05) is 26.0 Å². The number of anilines is 1. The molecular weight excluding hydrogens is 451 g/mol. The van der Waals surface area contributed by atoms with Gasteiger partial charge in [0, 0.05) is 23.4 Å². The van der Waals surface area contributed by atoms with Crippen molar-refractivity contribution in [3.63, 3.8) is 0 Å². The van der Waals surface area contributed by atoms with Crippen LogP contribution in [0.25, 0.3) is 11.4 Å². The SMILES string of the molecule is CCOC(=O)N1CCc2c(nc(-c3ccc(F)cc3)n(CC(=O)Nc3ccc(C)c(C)c3)c2=O)C1. The summed E-state index contributed by atoms with van der Waals surface area (Å²) in [7, 11) is 0. The van der Waals surface area contributed by atoms with Gasteiger partial charge in [-0.2, -0.15) is 0 Å². The lowest BCUT2D eigenvalue weighted by atomic mass is 10.1. The maximum Gasteiger partial charge on any atom is 0.410 e. The molecule has 9 heteroatoms. The highest BCUT2D eigenvalue weighted by atomic mass is 19.1. The van der Waals surface area contributed by atoms with Crippen molar-refractivity contribution in [2.75, 3.05) is 18.5 Å². The summed E-state index contributed by atoms with van der Waals surface area (Å²) in [5.74, 6) is -0.583. The van der Waals surface area contributed by atoms with Gasteiger partial charge in [-0.15, -0.1) is 0 Å². The number of hydrogen-bond donors (Lipinski definition) is 1. The molecule has 0 atom stereocenters. The van der Waals surface area contributed by atoms with Crippen LogP contribution in [-0.4, -0.2) is 39.6 Å². The Hall–Kier alpha value is -4.01. The molecule has 2 amide bonds. The van der Waals surface area contributed by atoms with Crippen LogP contribution in [0.5, 0.6) is 0 Å². The van der Waals surface area contributed by atoms with Crippen LogP contribution >= 0.6 is 0 Å². The van der Waals surface area contributed by atoms with Crippen molar-refractivity contribution in [2.45, 2.75) is 40.3 Å². The molecule has 0 spiro atoms. The first-order valence-corrected chi connectivity index (χ1v) is 11.4. The van der Waals surface area contributed by atoms with E-state index in [0.717, 1.165) is 11.1 Å². The van der Waals surface area contributed by atoms with Gasteiger partial charge in [0.2, 0.25) is 5.91 Å². The summed E-state index contributed by atoms with van der Waals surface area (Å²) in [6.07, 6.45) is -0.178. The van der Waals surface area contributed by atoms with Gasteiger partial charge in [0.1, 0.15) is 18.2 Å². The standard InChI is InChI=1S/C26H27FN4O4/c1-4-35-26(34)30-12-11-21-22(14-30)29-24(18-6-8-19(27)9-7-18)31(25(21)33)15-23(32)28-20-10-5-16(2)17(3)13-20/h5-10,13H,4,11-12,14-15H2,1-3H3,(H,28,32). The molecule has 0 fully saturated rings. The van der Waals surface area contributed by atoms with Gasteiger partial charge >= 0.3 is 6.09 Å². The molecule has 182 valence electrons. The molecule has 0 radical (unpaired) electrons. The Kier molecular flexibility index (Phi) is 6.95. The van der Waals surface area contributed by atoms with Crippen molar-refractivity contribution in [3.05, 3.63) is 81.0 Å². The maximum absolute atomic E-state index is 13.6. The number of halogens is 1. The second-order valence-corrected chi connectivity index (χ2v) is 8.48. The summed E-state index contributed by atoms with van der Waals surface area (Å²) in [6.45, 7) is 6.07. The van der Waals surface area contributed by atoms with Gasteiger partial charge < -0.3 is 15.0 Å². The van der Waals surface area contributed by atoms with Crippen molar-refractivity contribution in [2.24, 2.45) is 0 Å². The van der Waals surface area contributed by atoms with Crippen molar-refractivity contribution < 1.29 is 18.7 Å². The molecule has 0 bridgehead atoms. The fraction of sp³-hybridized carbons (Fsp3) is 0.308. The van der Waals surface area contributed by atoms with E-state index in [1.54, 1.807) is 13.0 Å². The van der Waals surface area contributed by atoms with Crippen molar-refractivity contribution in [3.8, 4) is 11.4 Å². The first-order chi connectivity index (χ1) is 16.8. The second-order valence-electron chi connectivity index (χ2n) is 8.48. The smallest absolute Gasteiger partial charge is 0.410 e. The molecular formula is C26H27FN4O4. The summed E-state index contributed by atoms with van der Waals surface area (Å²) in [4.78, 5) is 44.8. The van der Waals surface area contributed by atoms with Crippen LogP contribution in [0.4, 0.5) is 14.9 Å². The van der Waals surface area contributed by atoms with Gasteiger partial charge in [-0.25, -0.2) is 14.2 Å². The molecule has 2 aromatic carbocycles. The van der Waals surface area contributed by atoms with Crippen molar-refractivity contribution >= 4 is 17.7 Å². The lowest BCUT2D eigenvalue weighted by Gasteiger charge is -2.28. The predicted molar refractivity (Wildman–Crippen MR) is 130 cm³/mol. The fourth-order valence-corrected chi connectivity index (χ4v) is 4.03. The number of aryl methyl sites for hydroxylation is 2. The largest absolute Gasteiger partial charge is 0.450 e. The molecule has 4 rings (SSSR count). The van der Waals surface area contributed by atoms with Crippen LogP contribution in [0.3, 0.4) is 0 Å². The Morgan fingerprint density at radius 2 is 1.86 bits per heavy atom. The molecule has 1 aromatic heterocycles. The molecule has 0 saturated heterocycles. The van der Waals surface area contributed by atoms with E-state index in [0.29, 0.717) is 35.5 Å². The van der Waals surface area contributed by atoms with E-state index < -0.39 is 11.9 Å². The average molecular weight is 479 g/mol. The van der Waals surface area contributed by atoms with Gasteiger partial charge in [0.25, 0.3) is 5.56 Å². The Bertz CT molecular complexity index is 1330. The fourth-order valence-electron chi connectivity index (χ4n) is 4.03. The molecule has 0 saturated carbocycles. The third-order valence-corrected chi connectivity index (χ3v) is 6.04. The number of carbonyl (C=O) groups is 2. The lowest BCUT2D eigenvalue weighted by Crippen LogP contribution is -2.42. The quantitative estimate of drug-likeness (QED) is 0.602. The van der Waals surface area contributed by atoms with E-state index in [9.17, 15) is 18.8 Å². The minimum Gasteiger partial charge on any atom is -0.450 e. The molecule has 0 unspecified atom stereocenters. The summed E-state index contributed by atoms with van der Waals surface area (Å²) < 4.78 is 20.0. The number of nitrogens with one attached hydrogen (secondary N) is 1. The van der Waals surface area contributed by atoms with E-state index in [1.165, 1.54) is 33.7 Å². The zero-order valence-electron chi connectivity index (χ0n) is 19.9. The molecule has 8 nitrogen and oxygen atoms in total. The molecule has 3 aromatic rings. The minimum atomic E-state index is -0.472. The number of benzene rings is 2. The monoisotopic (exact) mass is 478 g/mol. The topological polar surface area (TPSA) is 93.5 Å². The van der Waals surface area contributed by atoms with Crippen LogP contribution in [0.1, 0.15) is 29.3 Å². The van der Waals surface area contributed by atoms with E-state index in [4.69, 9.17) is 4.74 Å². The number of aromatic nitrogens is 2. The highest BCUT2D eigenvalue weighted by molar-refractivity contribution is 5.91. The summed E-state index contributed by atoms with van der Waals surface area (Å²) in [6, 6.07) is 11.1. The molecule has 2 heterocycles. The Morgan fingerprint density at radius 1 is 1.11 bits per heavy atom. The highest BCUT2D eigenvalue weighted by Gasteiger charge is 2.27. The number of ether oxygens (including phenoxy) is 1. The number of nitrogens with zero attached hydrogens (tertiary/aromatic N) is 3. The Morgan fingerprint density at radius 3 is 2.54 bits per heavy atom. The zero-order valence-corrected chi connectivity index (χ0v) is 19.9. The molecule has 0 aliphatic carbocycles. The van der Waals surface area contributed by atoms with Gasteiger partial charge in [-0.05, 0) is 74.7 Å². The summed E-state index contributed by atoms with van der Waals surface area (Å²) in [5.41, 5.74) is 3.80. The van der Waals surface area contributed by atoms with Gasteiger partial charge in [-0.3, -0.25) is 14.2 Å². The molecule has 35 heavy (non-hydrogen) atoms. The van der Waals surface area contributed by atoms with Crippen LogP contribution in [0, 0.1) is 19.7 Å². The number of hydrogen-bond acceptors (Lipinski definition) is 5. The summed E-state index contributed by atoms with van der Waals surface area (Å²) in [5, 5.41) is 2.83. The molecule has 1 aliphatic heterocycles. The average Bonchev–Trinajstić information content (AvgIpc) is 2.83. The number of rotatable bonds is 5. The predicted octanol–water partition coefficient (Wildman–Crippen LogP) is 3.82. The third-order valence-electron chi connectivity index (χ3n) is 6.04. The Labute approximate surface area is 202 Å². The van der Waals surface area contributed by atoms with E-state index in [-0.39, 0.29) is 37.0 Å². The summed E-state index contributed by atoms with van der Waals surface area (Å²) >= 11 is 0. The minimum absolute atomic E-state index is 0.118. The molecule has 1 aliphatic rings. The number of fused-ring (bicyclic) bond motifs is 1. The van der Waals surface area contributed by atoms with Crippen LogP contribution < -0.4 is 10.9 Å². The van der Waals surface area contributed by atoms with Gasteiger partial charge in [0.05, 0.1) is 18.8 Å². The molecule has 1 N–H and O–H groups in total. The third kappa shape index (κ3) is 5.24. The maximum atomic E-state index is 13.6. The van der Waals surface area contributed by atoms with Crippen molar-refractivity contribution in [1.29, 1.82) is 0 Å². The van der Waals surface area contributed by atoms with Gasteiger partial charge in [0.15, 0.2) is 0 Å².